The number of rotatable bonds is 5. The van der Waals surface area contributed by atoms with Crippen molar-refractivity contribution in [2.75, 3.05) is 13.4 Å². The third-order valence-corrected chi connectivity index (χ3v) is 2.39. The number of ether oxygens (including phenoxy) is 3. The number of nitrogens with zero attached hydrogens (tertiary/aromatic N) is 1. The molecule has 0 saturated carbocycles. The Balaban J connectivity index is 1.82. The summed E-state index contributed by atoms with van der Waals surface area (Å²) < 4.78 is 15.8. The minimum absolute atomic E-state index is 0.129. The smallest absolute Gasteiger partial charge is 0.231 e. The highest BCUT2D eigenvalue weighted by atomic mass is 16.7. The van der Waals surface area contributed by atoms with E-state index in [9.17, 15) is 5.11 Å². The van der Waals surface area contributed by atoms with Gasteiger partial charge in [-0.1, -0.05) is 0 Å². The summed E-state index contributed by atoms with van der Waals surface area (Å²) in [5.74, 6) is 2.04. The second kappa shape index (κ2) is 5.41. The van der Waals surface area contributed by atoms with E-state index in [1.807, 2.05) is 6.07 Å². The first-order valence-electron chi connectivity index (χ1n) is 5.37. The van der Waals surface area contributed by atoms with Crippen molar-refractivity contribution < 1.29 is 19.3 Å². The van der Waals surface area contributed by atoms with Crippen LogP contribution in [-0.4, -0.2) is 24.6 Å². The number of nitriles is 1. The van der Waals surface area contributed by atoms with Crippen molar-refractivity contribution in [3.05, 3.63) is 18.2 Å². The number of fused-ring (bicyclic) bond motifs is 1. The molecule has 90 valence electrons. The van der Waals surface area contributed by atoms with Gasteiger partial charge in [0.15, 0.2) is 11.5 Å². The van der Waals surface area contributed by atoms with Crippen LogP contribution in [0.25, 0.3) is 0 Å². The molecule has 1 aliphatic heterocycles. The molecule has 5 heteroatoms. The van der Waals surface area contributed by atoms with Gasteiger partial charge in [-0.3, -0.25) is 0 Å². The fourth-order valence-corrected chi connectivity index (χ4v) is 1.49. The largest absolute Gasteiger partial charge is 0.493 e. The molecule has 1 N–H and O–H groups in total. The van der Waals surface area contributed by atoms with Gasteiger partial charge < -0.3 is 19.3 Å². The minimum Gasteiger partial charge on any atom is -0.493 e. The van der Waals surface area contributed by atoms with Crippen molar-refractivity contribution >= 4 is 0 Å². The summed E-state index contributed by atoms with van der Waals surface area (Å²) in [5.41, 5.74) is 0. The van der Waals surface area contributed by atoms with Crippen molar-refractivity contribution in [1.29, 1.82) is 5.26 Å². The maximum atomic E-state index is 9.33. The fraction of sp³-hybridized carbons (Fsp3) is 0.417. The second-order valence-electron chi connectivity index (χ2n) is 3.67. The molecule has 0 aromatic heterocycles. The molecule has 1 heterocycles. The molecule has 1 aromatic rings. The van der Waals surface area contributed by atoms with Crippen LogP contribution in [0.2, 0.25) is 0 Å². The number of hydrogen-bond donors (Lipinski definition) is 1. The highest BCUT2D eigenvalue weighted by Crippen LogP contribution is 2.35. The Labute approximate surface area is 99.1 Å². The van der Waals surface area contributed by atoms with Crippen LogP contribution in [0.4, 0.5) is 0 Å². The van der Waals surface area contributed by atoms with Crippen molar-refractivity contribution in [1.82, 2.24) is 0 Å². The number of benzene rings is 1. The molecule has 1 atom stereocenters. The van der Waals surface area contributed by atoms with Gasteiger partial charge in [-0.05, 0) is 12.1 Å². The van der Waals surface area contributed by atoms with E-state index in [1.54, 1.807) is 18.2 Å². The molecule has 17 heavy (non-hydrogen) atoms. The zero-order chi connectivity index (χ0) is 12.1. The lowest BCUT2D eigenvalue weighted by Gasteiger charge is -2.09. The van der Waals surface area contributed by atoms with Crippen LogP contribution in [0.1, 0.15) is 12.8 Å². The predicted molar refractivity (Wildman–Crippen MR) is 58.9 cm³/mol. The van der Waals surface area contributed by atoms with Crippen LogP contribution in [0.15, 0.2) is 18.2 Å². The first-order valence-corrected chi connectivity index (χ1v) is 5.37. The Morgan fingerprint density at radius 1 is 1.41 bits per heavy atom. The molecule has 0 fully saturated rings. The molecule has 2 rings (SSSR count). The van der Waals surface area contributed by atoms with Gasteiger partial charge in [-0.25, -0.2) is 0 Å². The van der Waals surface area contributed by atoms with Gasteiger partial charge in [-0.15, -0.1) is 0 Å². The van der Waals surface area contributed by atoms with Crippen molar-refractivity contribution in [3.8, 4) is 23.3 Å². The summed E-state index contributed by atoms with van der Waals surface area (Å²) in [6, 6.07) is 7.22. The summed E-state index contributed by atoms with van der Waals surface area (Å²) in [6.07, 6.45) is -0.0685. The molecule has 0 aliphatic carbocycles. The molecular weight excluding hydrogens is 222 g/mol. The molecule has 0 radical (unpaired) electrons. The van der Waals surface area contributed by atoms with E-state index in [1.165, 1.54) is 0 Å². The summed E-state index contributed by atoms with van der Waals surface area (Å²) in [5, 5.41) is 17.7. The van der Waals surface area contributed by atoms with E-state index in [2.05, 4.69) is 0 Å². The molecule has 5 nitrogen and oxygen atoms in total. The Morgan fingerprint density at radius 3 is 3.06 bits per heavy atom. The monoisotopic (exact) mass is 235 g/mol. The number of aliphatic hydroxyl groups is 1. The van der Waals surface area contributed by atoms with Crippen molar-refractivity contribution in [3.63, 3.8) is 0 Å². The maximum absolute atomic E-state index is 9.33. The summed E-state index contributed by atoms with van der Waals surface area (Å²) >= 11 is 0. The number of hydrogen-bond acceptors (Lipinski definition) is 5. The van der Waals surface area contributed by atoms with Gasteiger partial charge >= 0.3 is 0 Å². The van der Waals surface area contributed by atoms with Gasteiger partial charge in [0.2, 0.25) is 6.79 Å². The van der Waals surface area contributed by atoms with Crippen LogP contribution in [0.5, 0.6) is 17.2 Å². The van der Waals surface area contributed by atoms with E-state index in [0.29, 0.717) is 30.3 Å². The highest BCUT2D eigenvalue weighted by molar-refractivity contribution is 5.46. The van der Waals surface area contributed by atoms with Crippen molar-refractivity contribution in [2.45, 2.75) is 18.9 Å². The first-order chi connectivity index (χ1) is 8.29. The molecule has 1 aromatic carbocycles. The lowest BCUT2D eigenvalue weighted by atomic mass is 10.2. The third kappa shape index (κ3) is 3.02. The van der Waals surface area contributed by atoms with Gasteiger partial charge in [0.1, 0.15) is 5.75 Å². The molecule has 1 aliphatic rings. The Kier molecular flexibility index (Phi) is 3.68. The van der Waals surface area contributed by atoms with Gasteiger partial charge in [0.05, 0.1) is 25.2 Å². The van der Waals surface area contributed by atoms with E-state index in [4.69, 9.17) is 19.5 Å². The standard InChI is InChI=1S/C12H13NO4/c13-5-3-9(14)4-6-15-10-1-2-11-12(7-10)17-8-16-11/h1-2,7,9,14H,3-4,6,8H2. The van der Waals surface area contributed by atoms with E-state index >= 15 is 0 Å². The van der Waals surface area contributed by atoms with Gasteiger partial charge in [-0.2, -0.15) is 5.26 Å². The molecule has 1 unspecified atom stereocenters. The Hall–Kier alpha value is -1.93. The highest BCUT2D eigenvalue weighted by Gasteiger charge is 2.13. The third-order valence-electron chi connectivity index (χ3n) is 2.39. The topological polar surface area (TPSA) is 71.7 Å². The molecule has 0 bridgehead atoms. The minimum atomic E-state index is -0.631. The maximum Gasteiger partial charge on any atom is 0.231 e. The lowest BCUT2D eigenvalue weighted by molar-refractivity contribution is 0.143. The lowest BCUT2D eigenvalue weighted by Crippen LogP contribution is -2.10. The molecular formula is C12H13NO4. The van der Waals surface area contributed by atoms with Crippen LogP contribution < -0.4 is 14.2 Å². The Bertz CT molecular complexity index is 427. The normalized spacial score (nSPS) is 14.1. The van der Waals surface area contributed by atoms with E-state index in [0.717, 1.165) is 0 Å². The Morgan fingerprint density at radius 2 is 2.24 bits per heavy atom. The number of aliphatic hydroxyl groups excluding tert-OH is 1. The quantitative estimate of drug-likeness (QED) is 0.836. The molecule has 0 spiro atoms. The van der Waals surface area contributed by atoms with Gasteiger partial charge in [0, 0.05) is 12.5 Å². The molecule has 0 amide bonds. The summed E-state index contributed by atoms with van der Waals surface area (Å²) in [6.45, 7) is 0.599. The summed E-state index contributed by atoms with van der Waals surface area (Å²) in [7, 11) is 0. The van der Waals surface area contributed by atoms with Crippen LogP contribution in [-0.2, 0) is 0 Å². The van der Waals surface area contributed by atoms with Crippen LogP contribution in [0, 0.1) is 11.3 Å². The summed E-state index contributed by atoms with van der Waals surface area (Å²) in [4.78, 5) is 0. The fourth-order valence-electron chi connectivity index (χ4n) is 1.49. The van der Waals surface area contributed by atoms with E-state index in [-0.39, 0.29) is 13.2 Å². The zero-order valence-electron chi connectivity index (χ0n) is 9.26. The predicted octanol–water partition coefficient (Wildman–Crippen LogP) is 1.46. The first kappa shape index (κ1) is 11.6. The average Bonchev–Trinajstić information content (AvgIpc) is 2.76. The SMILES string of the molecule is N#CCC(O)CCOc1ccc2c(c1)OCO2. The second-order valence-corrected chi connectivity index (χ2v) is 3.67. The average molecular weight is 235 g/mol. The van der Waals surface area contributed by atoms with Crippen molar-refractivity contribution in [2.24, 2.45) is 0 Å². The van der Waals surface area contributed by atoms with Crippen LogP contribution in [0.3, 0.4) is 0 Å². The van der Waals surface area contributed by atoms with Gasteiger partial charge in [0.25, 0.3) is 0 Å². The zero-order valence-corrected chi connectivity index (χ0v) is 9.26. The molecule has 0 saturated heterocycles. The van der Waals surface area contributed by atoms with E-state index < -0.39 is 6.10 Å². The van der Waals surface area contributed by atoms with Crippen LogP contribution >= 0.6 is 0 Å².